The van der Waals surface area contributed by atoms with E-state index >= 15 is 0 Å². The van der Waals surface area contributed by atoms with Crippen molar-refractivity contribution in [3.8, 4) is 0 Å². The summed E-state index contributed by atoms with van der Waals surface area (Å²) in [5.41, 5.74) is 5.92. The molecule has 1 saturated carbocycles. The van der Waals surface area contributed by atoms with E-state index in [1.807, 2.05) is 0 Å². The Bertz CT molecular complexity index is 148. The minimum Gasteiger partial charge on any atom is -0.396 e. The molecule has 14 heavy (non-hydrogen) atoms. The zero-order valence-electron chi connectivity index (χ0n) is 9.28. The third kappa shape index (κ3) is 4.40. The molecule has 0 aliphatic heterocycles. The highest BCUT2D eigenvalue weighted by molar-refractivity contribution is 4.86. The summed E-state index contributed by atoms with van der Waals surface area (Å²) in [7, 11) is 0. The molecule has 3 N–H and O–H groups in total. The molecular formula is C11H24N2O. The zero-order valence-corrected chi connectivity index (χ0v) is 9.28. The lowest BCUT2D eigenvalue weighted by molar-refractivity contribution is 0.215. The van der Waals surface area contributed by atoms with Crippen LogP contribution in [-0.4, -0.2) is 41.8 Å². The lowest BCUT2D eigenvalue weighted by Gasteiger charge is -2.25. The number of nitrogens with two attached hydrogens (primary N) is 1. The van der Waals surface area contributed by atoms with E-state index in [4.69, 9.17) is 10.8 Å². The maximum atomic E-state index is 8.78. The summed E-state index contributed by atoms with van der Waals surface area (Å²) < 4.78 is 0. The number of nitrogens with zero attached hydrogens (tertiary/aromatic N) is 1. The summed E-state index contributed by atoms with van der Waals surface area (Å²) in [5, 5.41) is 8.78. The second-order valence-electron chi connectivity index (χ2n) is 4.35. The average Bonchev–Trinajstić information content (AvgIpc) is 2.95. The molecule has 0 bridgehead atoms. The third-order valence-electron chi connectivity index (χ3n) is 2.83. The molecule has 0 saturated heterocycles. The molecule has 0 amide bonds. The summed E-state index contributed by atoms with van der Waals surface area (Å²) >= 11 is 0. The molecule has 0 spiro atoms. The number of rotatable bonds is 8. The summed E-state index contributed by atoms with van der Waals surface area (Å²) in [4.78, 5) is 2.50. The fraction of sp³-hybridized carbons (Fsp3) is 1.00. The van der Waals surface area contributed by atoms with Crippen LogP contribution < -0.4 is 5.73 Å². The van der Waals surface area contributed by atoms with Crippen LogP contribution in [0.2, 0.25) is 0 Å². The highest BCUT2D eigenvalue weighted by Crippen LogP contribution is 2.27. The minimum atomic E-state index is 0.150. The first-order valence-electron chi connectivity index (χ1n) is 5.88. The van der Waals surface area contributed by atoms with Crippen molar-refractivity contribution in [3.63, 3.8) is 0 Å². The van der Waals surface area contributed by atoms with E-state index in [1.165, 1.54) is 32.2 Å². The average molecular weight is 200 g/mol. The van der Waals surface area contributed by atoms with Crippen molar-refractivity contribution in [2.75, 3.05) is 19.7 Å². The summed E-state index contributed by atoms with van der Waals surface area (Å²) in [6.07, 6.45) is 5.93. The number of aliphatic hydroxyl groups excluding tert-OH is 1. The molecule has 1 rings (SSSR count). The van der Waals surface area contributed by atoms with Gasteiger partial charge in [0.15, 0.2) is 0 Å². The van der Waals surface area contributed by atoms with Crippen LogP contribution in [0.4, 0.5) is 0 Å². The van der Waals surface area contributed by atoms with Crippen LogP contribution in [0.25, 0.3) is 0 Å². The van der Waals surface area contributed by atoms with Crippen molar-refractivity contribution in [2.24, 2.45) is 5.73 Å². The predicted octanol–water partition coefficient (Wildman–Crippen LogP) is 0.961. The van der Waals surface area contributed by atoms with Crippen molar-refractivity contribution >= 4 is 0 Å². The van der Waals surface area contributed by atoms with E-state index < -0.39 is 0 Å². The van der Waals surface area contributed by atoms with Gasteiger partial charge in [-0.15, -0.1) is 0 Å². The van der Waals surface area contributed by atoms with Gasteiger partial charge in [-0.05, 0) is 32.2 Å². The van der Waals surface area contributed by atoms with E-state index in [0.717, 1.165) is 19.0 Å². The molecule has 1 aliphatic carbocycles. The minimum absolute atomic E-state index is 0.150. The van der Waals surface area contributed by atoms with Crippen LogP contribution in [0.15, 0.2) is 0 Å². The molecule has 0 radical (unpaired) electrons. The lowest BCUT2D eigenvalue weighted by Crippen LogP contribution is -2.39. The Morgan fingerprint density at radius 2 is 2.21 bits per heavy atom. The van der Waals surface area contributed by atoms with Gasteiger partial charge in [0.25, 0.3) is 0 Å². The van der Waals surface area contributed by atoms with Gasteiger partial charge in [-0.25, -0.2) is 0 Å². The maximum Gasteiger partial charge on any atom is 0.0446 e. The Labute approximate surface area is 87.3 Å². The number of unbranched alkanes of at least 4 members (excludes halogenated alkanes) is 1. The molecule has 1 fully saturated rings. The predicted molar refractivity (Wildman–Crippen MR) is 59.2 cm³/mol. The van der Waals surface area contributed by atoms with E-state index in [2.05, 4.69) is 11.8 Å². The highest BCUT2D eigenvalue weighted by atomic mass is 16.3. The first kappa shape index (κ1) is 12.0. The van der Waals surface area contributed by atoms with Gasteiger partial charge in [-0.2, -0.15) is 0 Å². The standard InChI is InChI=1S/C11H24N2O/c1-2-3-7-13(11-4-5-11)9-10(12)6-8-14/h10-11,14H,2-9,12H2,1H3. The Balaban J connectivity index is 2.20. The Morgan fingerprint density at radius 1 is 1.50 bits per heavy atom. The van der Waals surface area contributed by atoms with Crippen LogP contribution in [-0.2, 0) is 0 Å². The fourth-order valence-electron chi connectivity index (χ4n) is 1.78. The van der Waals surface area contributed by atoms with Crippen LogP contribution in [0.1, 0.15) is 39.0 Å². The van der Waals surface area contributed by atoms with E-state index in [9.17, 15) is 0 Å². The molecule has 3 nitrogen and oxygen atoms in total. The number of aliphatic hydroxyl groups is 1. The van der Waals surface area contributed by atoms with Crippen LogP contribution >= 0.6 is 0 Å². The number of hydrogen-bond acceptors (Lipinski definition) is 3. The van der Waals surface area contributed by atoms with Gasteiger partial charge in [-0.1, -0.05) is 13.3 Å². The zero-order chi connectivity index (χ0) is 10.4. The van der Waals surface area contributed by atoms with Crippen molar-refractivity contribution in [3.05, 3.63) is 0 Å². The molecule has 84 valence electrons. The second kappa shape index (κ2) is 6.38. The Hall–Kier alpha value is -0.120. The second-order valence-corrected chi connectivity index (χ2v) is 4.35. The third-order valence-corrected chi connectivity index (χ3v) is 2.83. The van der Waals surface area contributed by atoms with Crippen molar-refractivity contribution in [1.29, 1.82) is 0 Å². The first-order chi connectivity index (χ1) is 6.77. The molecule has 0 aromatic rings. The molecule has 0 aromatic heterocycles. The Morgan fingerprint density at radius 3 is 2.71 bits per heavy atom. The summed E-state index contributed by atoms with van der Waals surface area (Å²) in [6.45, 7) is 4.58. The highest BCUT2D eigenvalue weighted by Gasteiger charge is 2.29. The molecule has 1 unspecified atom stereocenters. The SMILES string of the molecule is CCCCN(CC(N)CCO)C1CC1. The quantitative estimate of drug-likeness (QED) is 0.613. The first-order valence-corrected chi connectivity index (χ1v) is 5.88. The largest absolute Gasteiger partial charge is 0.396 e. The van der Waals surface area contributed by atoms with Gasteiger partial charge >= 0.3 is 0 Å². The molecule has 1 aliphatic rings. The number of hydrogen-bond donors (Lipinski definition) is 2. The summed E-state index contributed by atoms with van der Waals surface area (Å²) in [5.74, 6) is 0. The van der Waals surface area contributed by atoms with E-state index in [1.54, 1.807) is 0 Å². The monoisotopic (exact) mass is 200 g/mol. The van der Waals surface area contributed by atoms with Gasteiger partial charge in [0, 0.05) is 25.2 Å². The molecule has 3 heteroatoms. The molecular weight excluding hydrogens is 176 g/mol. The fourth-order valence-corrected chi connectivity index (χ4v) is 1.78. The lowest BCUT2D eigenvalue weighted by atomic mass is 10.2. The summed E-state index contributed by atoms with van der Waals surface area (Å²) in [6, 6.07) is 0.948. The smallest absolute Gasteiger partial charge is 0.0446 e. The molecule has 1 atom stereocenters. The maximum absolute atomic E-state index is 8.78. The Kier molecular flexibility index (Phi) is 5.45. The molecule has 0 heterocycles. The van der Waals surface area contributed by atoms with Crippen molar-refractivity contribution in [1.82, 2.24) is 4.90 Å². The topological polar surface area (TPSA) is 49.5 Å². The van der Waals surface area contributed by atoms with E-state index in [0.29, 0.717) is 0 Å². The van der Waals surface area contributed by atoms with Crippen LogP contribution in [0.3, 0.4) is 0 Å². The van der Waals surface area contributed by atoms with Crippen molar-refractivity contribution < 1.29 is 5.11 Å². The van der Waals surface area contributed by atoms with Gasteiger partial charge in [-0.3, -0.25) is 4.90 Å². The van der Waals surface area contributed by atoms with Crippen molar-refractivity contribution in [2.45, 2.75) is 51.1 Å². The van der Waals surface area contributed by atoms with Gasteiger partial charge in [0.05, 0.1) is 0 Å². The van der Waals surface area contributed by atoms with Crippen LogP contribution in [0, 0.1) is 0 Å². The van der Waals surface area contributed by atoms with Crippen LogP contribution in [0.5, 0.6) is 0 Å². The molecule has 0 aromatic carbocycles. The van der Waals surface area contributed by atoms with Gasteiger partial charge in [0.1, 0.15) is 0 Å². The van der Waals surface area contributed by atoms with Gasteiger partial charge < -0.3 is 10.8 Å². The van der Waals surface area contributed by atoms with Gasteiger partial charge in [0.2, 0.25) is 0 Å². The van der Waals surface area contributed by atoms with E-state index in [-0.39, 0.29) is 12.6 Å². The normalized spacial score (nSPS) is 18.9.